The number of hydrogen-bond donors (Lipinski definition) is 3. The van der Waals surface area contributed by atoms with E-state index in [1.165, 1.54) is 6.42 Å². The molecule has 0 spiro atoms. The van der Waals surface area contributed by atoms with Crippen molar-refractivity contribution < 1.29 is 19.4 Å². The van der Waals surface area contributed by atoms with Crippen molar-refractivity contribution in [3.63, 3.8) is 0 Å². The maximum atomic E-state index is 13.1. The van der Waals surface area contributed by atoms with Crippen molar-refractivity contribution in [3.05, 3.63) is 88.3 Å². The fourth-order valence-corrected chi connectivity index (χ4v) is 10.8. The molecule has 1 aromatic carbocycles. The number of pyridine rings is 1. The minimum atomic E-state index is -0.193. The first kappa shape index (κ1) is 50.2. The second-order valence-corrected chi connectivity index (χ2v) is 20.1. The van der Waals surface area contributed by atoms with Gasteiger partial charge in [0.25, 0.3) is 5.91 Å². The van der Waals surface area contributed by atoms with Gasteiger partial charge in [-0.2, -0.15) is 14.9 Å². The summed E-state index contributed by atoms with van der Waals surface area (Å²) in [6.07, 6.45) is 16.4. The fourth-order valence-electron chi connectivity index (χ4n) is 10.6. The van der Waals surface area contributed by atoms with E-state index in [2.05, 4.69) is 75.6 Å². The van der Waals surface area contributed by atoms with Crippen LogP contribution in [0.2, 0.25) is 5.02 Å². The van der Waals surface area contributed by atoms with Crippen LogP contribution in [0.5, 0.6) is 11.6 Å². The van der Waals surface area contributed by atoms with Crippen LogP contribution in [0.25, 0.3) is 5.65 Å². The molecule has 3 aliphatic heterocycles. The van der Waals surface area contributed by atoms with E-state index in [1.54, 1.807) is 24.3 Å². The molecule has 1 atom stereocenters. The molecule has 4 aromatic heterocycles. The Morgan fingerprint density at radius 2 is 1.72 bits per heavy atom. The summed E-state index contributed by atoms with van der Waals surface area (Å²) in [5, 5.41) is 39.4. The van der Waals surface area contributed by atoms with Crippen LogP contribution in [-0.2, 0) is 13.0 Å². The summed E-state index contributed by atoms with van der Waals surface area (Å²) in [5.41, 5.74) is 3.82. The number of nitrogens with one attached hydrogen (secondary N) is 2. The Hall–Kier alpha value is -5.80. The molecule has 1 saturated carbocycles. The van der Waals surface area contributed by atoms with E-state index in [0.29, 0.717) is 53.0 Å². The van der Waals surface area contributed by atoms with Crippen molar-refractivity contribution in [3.8, 4) is 17.7 Å². The molecular formula is C53H70ClN13O4. The predicted molar refractivity (Wildman–Crippen MR) is 275 cm³/mol. The van der Waals surface area contributed by atoms with Gasteiger partial charge in [-0.3, -0.25) is 4.79 Å². The molecule has 17 nitrogen and oxygen atoms in total. The van der Waals surface area contributed by atoms with Crippen molar-refractivity contribution in [1.29, 1.82) is 5.26 Å². The Balaban J connectivity index is 0.627. The number of ether oxygens (including phenoxy) is 2. The molecule has 1 amide bonds. The maximum absolute atomic E-state index is 13.1. The number of unbranched alkanes of at least 4 members (excludes halogenated alkanes) is 1. The van der Waals surface area contributed by atoms with Gasteiger partial charge in [0, 0.05) is 108 Å². The fraction of sp³-hybridized carbons (Fsp3) is 0.566. The lowest BCUT2D eigenvalue weighted by molar-refractivity contribution is 0.0888. The zero-order valence-corrected chi connectivity index (χ0v) is 42.0. The van der Waals surface area contributed by atoms with Gasteiger partial charge in [-0.15, -0.1) is 10.2 Å². The van der Waals surface area contributed by atoms with E-state index in [9.17, 15) is 9.90 Å². The van der Waals surface area contributed by atoms with Crippen molar-refractivity contribution in [2.24, 2.45) is 5.92 Å². The Labute approximate surface area is 422 Å². The first-order valence-electron chi connectivity index (χ1n) is 26.1. The van der Waals surface area contributed by atoms with Crippen LogP contribution in [0.1, 0.15) is 111 Å². The monoisotopic (exact) mass is 988 g/mol. The van der Waals surface area contributed by atoms with Gasteiger partial charge in [0.2, 0.25) is 5.88 Å². The Kier molecular flexibility index (Phi) is 17.3. The first-order chi connectivity index (χ1) is 34.8. The first-order valence-corrected chi connectivity index (χ1v) is 26.5. The molecule has 1 aliphatic carbocycles. The zero-order chi connectivity index (χ0) is 48.9. The average Bonchev–Trinajstić information content (AvgIpc) is 3.83. The summed E-state index contributed by atoms with van der Waals surface area (Å²) in [7, 11) is 0. The summed E-state index contributed by atoms with van der Waals surface area (Å²) in [5.74, 6) is 4.45. The molecule has 4 fully saturated rings. The molecule has 5 aromatic rings. The number of benzene rings is 1. The Bertz CT molecular complexity index is 2530. The number of aromatic nitrogens is 6. The number of hydrogen-bond acceptors (Lipinski definition) is 15. The van der Waals surface area contributed by atoms with Crippen LogP contribution in [-0.4, -0.2) is 141 Å². The highest BCUT2D eigenvalue weighted by molar-refractivity contribution is 6.31. The topological polar surface area (TPSA) is 185 Å². The van der Waals surface area contributed by atoms with Crippen LogP contribution in [0.4, 0.5) is 17.5 Å². The highest BCUT2D eigenvalue weighted by atomic mass is 35.5. The predicted octanol–water partition coefficient (Wildman–Crippen LogP) is 7.17. The molecule has 71 heavy (non-hydrogen) atoms. The molecule has 4 aliphatic rings. The third-order valence-electron chi connectivity index (χ3n) is 14.9. The largest absolute Gasteiger partial charge is 0.490 e. The van der Waals surface area contributed by atoms with E-state index in [1.807, 2.05) is 29.0 Å². The number of nitriles is 1. The van der Waals surface area contributed by atoms with Gasteiger partial charge in [0.15, 0.2) is 17.2 Å². The van der Waals surface area contributed by atoms with Gasteiger partial charge in [-0.25, -0.2) is 9.97 Å². The van der Waals surface area contributed by atoms with Crippen molar-refractivity contribution in [2.45, 2.75) is 115 Å². The molecule has 9 rings (SSSR count). The second kappa shape index (κ2) is 24.6. The molecule has 7 heterocycles. The number of amides is 1. The molecule has 3 N–H and O–H groups in total. The van der Waals surface area contributed by atoms with Gasteiger partial charge in [0.1, 0.15) is 23.5 Å². The number of fused-ring (bicyclic) bond motifs is 1. The van der Waals surface area contributed by atoms with Crippen LogP contribution >= 0.6 is 11.6 Å². The van der Waals surface area contributed by atoms with Crippen molar-refractivity contribution >= 4 is 40.6 Å². The van der Waals surface area contributed by atoms with E-state index in [-0.39, 0.29) is 24.7 Å². The Morgan fingerprint density at radius 1 is 0.887 bits per heavy atom. The number of aliphatic hydroxyl groups excluding tert-OH is 1. The maximum Gasteiger partial charge on any atom is 0.272 e. The third-order valence-corrected chi connectivity index (χ3v) is 15.2. The highest BCUT2D eigenvalue weighted by Gasteiger charge is 2.28. The van der Waals surface area contributed by atoms with Gasteiger partial charge >= 0.3 is 0 Å². The van der Waals surface area contributed by atoms with Gasteiger partial charge in [-0.05, 0) is 126 Å². The summed E-state index contributed by atoms with van der Waals surface area (Å²) in [6, 6.07) is 17.4. The lowest BCUT2D eigenvalue weighted by atomic mass is 9.93. The number of aliphatic hydroxyl groups is 1. The lowest BCUT2D eigenvalue weighted by Gasteiger charge is -2.39. The van der Waals surface area contributed by atoms with E-state index < -0.39 is 0 Å². The summed E-state index contributed by atoms with van der Waals surface area (Å²) < 4.78 is 14.1. The molecule has 0 bridgehead atoms. The zero-order valence-electron chi connectivity index (χ0n) is 41.2. The van der Waals surface area contributed by atoms with Gasteiger partial charge in [0.05, 0.1) is 29.5 Å². The summed E-state index contributed by atoms with van der Waals surface area (Å²) in [4.78, 5) is 32.6. The number of piperazine rings is 1. The van der Waals surface area contributed by atoms with Gasteiger partial charge in [-0.1, -0.05) is 24.6 Å². The summed E-state index contributed by atoms with van der Waals surface area (Å²) >= 11 is 6.17. The molecule has 378 valence electrons. The van der Waals surface area contributed by atoms with Crippen molar-refractivity contribution in [2.75, 3.05) is 87.2 Å². The van der Waals surface area contributed by atoms with E-state index in [0.717, 1.165) is 170 Å². The molecule has 0 radical (unpaired) electrons. The molecule has 1 unspecified atom stereocenters. The lowest BCUT2D eigenvalue weighted by Crippen LogP contribution is -2.49. The van der Waals surface area contributed by atoms with Crippen LogP contribution in [0.15, 0.2) is 60.9 Å². The number of aryl methyl sites for hydroxylation is 1. The third kappa shape index (κ3) is 13.2. The standard InChI is InChI=1S/C53H70ClN13O4/c1-2-40-36-58-67-49(32-50(60-52(40)67)66-22-4-3-7-43(66)20-29-68)56-34-39-8-17-51(57-35-39)70-30-6-5-21-63-25-27-64(28-26-63)37-38-18-23-65(24-19-38)48-16-15-47(61-62-48)53(69)59-42-10-13-44(14-11-42)71-45-12-9-41(33-55)46(54)31-45/h8-9,12,15-17,31-32,35-36,38,42-44,56,68H,2-7,10-11,13-14,18-30,34,37H2,1H3,(H,59,69). The average molecular weight is 989 g/mol. The van der Waals surface area contributed by atoms with Crippen molar-refractivity contribution in [1.82, 2.24) is 44.9 Å². The number of piperidine rings is 2. The number of carbonyl (C=O) groups excluding carboxylic acids is 1. The highest BCUT2D eigenvalue weighted by Crippen LogP contribution is 2.31. The quantitative estimate of drug-likeness (QED) is 0.0667. The van der Waals surface area contributed by atoms with Gasteiger partial charge < -0.3 is 44.8 Å². The SMILES string of the molecule is CCc1cnn2c(NCc3ccc(OCCCCN4CCN(CC5CCN(c6ccc(C(=O)NC7CCC(Oc8ccc(C#N)c(Cl)c8)CC7)nn6)CC5)CC4)nc3)cc(N3CCCCC3CCO)nc12. The normalized spacial score (nSPS) is 20.5. The number of halogens is 1. The van der Waals surface area contributed by atoms with Crippen LogP contribution in [0.3, 0.4) is 0 Å². The Morgan fingerprint density at radius 3 is 2.45 bits per heavy atom. The molecular weight excluding hydrogens is 918 g/mol. The smallest absolute Gasteiger partial charge is 0.272 e. The number of anilines is 3. The minimum absolute atomic E-state index is 0.0394. The van der Waals surface area contributed by atoms with E-state index in [4.69, 9.17) is 31.3 Å². The number of nitrogens with zero attached hydrogens (tertiary/aromatic N) is 11. The molecule has 3 saturated heterocycles. The van der Waals surface area contributed by atoms with Crippen LogP contribution in [0, 0.1) is 17.2 Å². The number of rotatable bonds is 20. The second-order valence-electron chi connectivity index (χ2n) is 19.7. The van der Waals surface area contributed by atoms with E-state index >= 15 is 0 Å². The summed E-state index contributed by atoms with van der Waals surface area (Å²) in [6.45, 7) is 13.0. The molecule has 18 heteroatoms. The minimum Gasteiger partial charge on any atom is -0.490 e. The van der Waals surface area contributed by atoms with Crippen LogP contribution < -0.4 is 29.9 Å². The number of carbonyl (C=O) groups is 1.